The molecule has 1 unspecified atom stereocenters. The third-order valence-electron chi connectivity index (χ3n) is 3.58. The Morgan fingerprint density at radius 1 is 1.47 bits per heavy atom. The molecule has 0 spiro atoms. The van der Waals surface area contributed by atoms with Gasteiger partial charge in [-0.25, -0.2) is 0 Å². The Kier molecular flexibility index (Phi) is 3.40. The Bertz CT molecular complexity index is 484. The summed E-state index contributed by atoms with van der Waals surface area (Å²) in [5, 5.41) is 3.32. The van der Waals surface area contributed by atoms with Gasteiger partial charge < -0.3 is 19.7 Å². The highest BCUT2D eigenvalue weighted by molar-refractivity contribution is 5.97. The van der Waals surface area contributed by atoms with Crippen LogP contribution in [0.25, 0.3) is 0 Å². The Balaban J connectivity index is 1.76. The topological polar surface area (TPSA) is 50.8 Å². The van der Waals surface area contributed by atoms with E-state index in [0.717, 1.165) is 37.6 Å². The van der Waals surface area contributed by atoms with Crippen molar-refractivity contribution in [2.45, 2.75) is 12.5 Å². The summed E-state index contributed by atoms with van der Waals surface area (Å²) >= 11 is 0. The molecule has 3 rings (SSSR count). The number of nitrogens with one attached hydrogen (secondary N) is 1. The Morgan fingerprint density at radius 2 is 2.37 bits per heavy atom. The fourth-order valence-corrected chi connectivity index (χ4v) is 2.46. The number of hydrogen-bond acceptors (Lipinski definition) is 4. The number of nitrogens with zero attached hydrogens (tertiary/aromatic N) is 1. The number of rotatable bonds is 2. The zero-order valence-corrected chi connectivity index (χ0v) is 11.0. The van der Waals surface area contributed by atoms with Crippen LogP contribution in [-0.2, 0) is 16.0 Å². The second-order valence-corrected chi connectivity index (χ2v) is 4.94. The van der Waals surface area contributed by atoms with Crippen LogP contribution in [0.2, 0.25) is 0 Å². The van der Waals surface area contributed by atoms with Gasteiger partial charge in [0.1, 0.15) is 5.75 Å². The lowest BCUT2D eigenvalue weighted by Crippen LogP contribution is -2.39. The molecule has 0 bridgehead atoms. The van der Waals surface area contributed by atoms with Gasteiger partial charge in [-0.3, -0.25) is 4.79 Å². The van der Waals surface area contributed by atoms with Crippen molar-refractivity contribution in [3.05, 3.63) is 23.8 Å². The van der Waals surface area contributed by atoms with Crippen LogP contribution in [0, 0.1) is 0 Å². The third-order valence-corrected chi connectivity index (χ3v) is 3.58. The second-order valence-electron chi connectivity index (χ2n) is 4.94. The molecule has 5 nitrogen and oxygen atoms in total. The van der Waals surface area contributed by atoms with Crippen molar-refractivity contribution in [2.24, 2.45) is 0 Å². The van der Waals surface area contributed by atoms with Crippen molar-refractivity contribution in [1.82, 2.24) is 5.32 Å². The smallest absolute Gasteiger partial charge is 0.264 e. The fraction of sp³-hybridized carbons (Fsp3) is 0.500. The Labute approximate surface area is 112 Å². The molecule has 0 saturated carbocycles. The summed E-state index contributed by atoms with van der Waals surface area (Å²) in [7, 11) is 1.78. The van der Waals surface area contributed by atoms with Crippen molar-refractivity contribution in [3.8, 4) is 5.75 Å². The van der Waals surface area contributed by atoms with E-state index < -0.39 is 0 Å². The first-order valence-electron chi connectivity index (χ1n) is 6.58. The molecule has 5 heteroatoms. The molecule has 0 aliphatic carbocycles. The maximum atomic E-state index is 11.5. The summed E-state index contributed by atoms with van der Waals surface area (Å²) in [6.45, 7) is 2.70. The first-order valence-corrected chi connectivity index (χ1v) is 6.58. The summed E-state index contributed by atoms with van der Waals surface area (Å²) in [5.74, 6) is 0.767. The lowest BCUT2D eigenvalue weighted by atomic mass is 10.1. The van der Waals surface area contributed by atoms with Crippen LogP contribution in [0.5, 0.6) is 5.75 Å². The summed E-state index contributed by atoms with van der Waals surface area (Å²) in [6, 6.07) is 5.99. The number of carbonyl (C=O) groups excluding carboxylic acids is 1. The number of likely N-dealkylation sites (N-methyl/N-ethyl adjacent to an activating group) is 1. The molecule has 1 fully saturated rings. The standard InChI is InChI=1S/C14H18N2O3/c1-16-12-3-2-10(6-11-8-15-4-5-18-11)7-13(12)19-9-14(16)17/h2-3,7,11,15H,4-6,8-9H2,1H3. The highest BCUT2D eigenvalue weighted by atomic mass is 16.5. The molecule has 102 valence electrons. The van der Waals surface area contributed by atoms with Gasteiger partial charge in [-0.2, -0.15) is 0 Å². The van der Waals surface area contributed by atoms with Gasteiger partial charge in [-0.05, 0) is 17.7 Å². The summed E-state index contributed by atoms with van der Waals surface area (Å²) in [6.07, 6.45) is 1.08. The van der Waals surface area contributed by atoms with Crippen LogP contribution in [0.15, 0.2) is 18.2 Å². The number of fused-ring (bicyclic) bond motifs is 1. The Morgan fingerprint density at radius 3 is 3.16 bits per heavy atom. The largest absolute Gasteiger partial charge is 0.482 e. The van der Waals surface area contributed by atoms with Crippen molar-refractivity contribution in [1.29, 1.82) is 0 Å². The third kappa shape index (κ3) is 2.57. The summed E-state index contributed by atoms with van der Waals surface area (Å²) in [5.41, 5.74) is 2.01. The van der Waals surface area contributed by atoms with Crippen molar-refractivity contribution < 1.29 is 14.3 Å². The predicted molar refractivity (Wildman–Crippen MR) is 71.7 cm³/mol. The molecule has 1 N–H and O–H groups in total. The Hall–Kier alpha value is -1.59. The molecule has 2 aliphatic rings. The highest BCUT2D eigenvalue weighted by Gasteiger charge is 2.23. The minimum absolute atomic E-state index is 0.0138. The molecule has 0 radical (unpaired) electrons. The van der Waals surface area contributed by atoms with Gasteiger partial charge in [0.15, 0.2) is 6.61 Å². The number of benzene rings is 1. The maximum absolute atomic E-state index is 11.5. The minimum atomic E-state index is -0.0138. The summed E-state index contributed by atoms with van der Waals surface area (Å²) < 4.78 is 11.2. The van der Waals surface area contributed by atoms with Crippen LogP contribution in [0.1, 0.15) is 5.56 Å². The second kappa shape index (κ2) is 5.19. The van der Waals surface area contributed by atoms with Gasteiger partial charge in [-0.1, -0.05) is 6.07 Å². The first kappa shape index (κ1) is 12.4. The quantitative estimate of drug-likeness (QED) is 0.846. The van der Waals surface area contributed by atoms with Crippen LogP contribution in [0.4, 0.5) is 5.69 Å². The SMILES string of the molecule is CN1C(=O)COc2cc(CC3CNCCO3)ccc21. The zero-order valence-electron chi connectivity index (χ0n) is 11.0. The maximum Gasteiger partial charge on any atom is 0.264 e. The van der Waals surface area contributed by atoms with E-state index in [1.165, 1.54) is 5.56 Å². The van der Waals surface area contributed by atoms with E-state index in [1.807, 2.05) is 18.2 Å². The van der Waals surface area contributed by atoms with Gasteiger partial charge >= 0.3 is 0 Å². The molecule has 0 aromatic heterocycles. The molecule has 2 aliphatic heterocycles. The number of anilines is 1. The van der Waals surface area contributed by atoms with Gasteiger partial charge in [0.2, 0.25) is 0 Å². The van der Waals surface area contributed by atoms with E-state index in [-0.39, 0.29) is 18.6 Å². The van der Waals surface area contributed by atoms with E-state index in [9.17, 15) is 4.79 Å². The fourth-order valence-electron chi connectivity index (χ4n) is 2.46. The van der Waals surface area contributed by atoms with Gasteiger partial charge in [0.25, 0.3) is 5.91 Å². The lowest BCUT2D eigenvalue weighted by molar-refractivity contribution is -0.120. The average molecular weight is 262 g/mol. The van der Waals surface area contributed by atoms with Crippen LogP contribution in [-0.4, -0.2) is 45.4 Å². The molecule has 1 saturated heterocycles. The first-order chi connectivity index (χ1) is 9.24. The number of carbonyl (C=O) groups is 1. The van der Waals surface area contributed by atoms with Gasteiger partial charge in [0.05, 0.1) is 18.4 Å². The molecule has 1 aromatic rings. The molecule has 1 atom stereocenters. The van der Waals surface area contributed by atoms with Crippen molar-refractivity contribution >= 4 is 11.6 Å². The molecule has 19 heavy (non-hydrogen) atoms. The minimum Gasteiger partial charge on any atom is -0.482 e. The van der Waals surface area contributed by atoms with E-state index in [2.05, 4.69) is 5.32 Å². The van der Waals surface area contributed by atoms with E-state index in [0.29, 0.717) is 0 Å². The molecular formula is C14H18N2O3. The monoisotopic (exact) mass is 262 g/mol. The normalized spacial score (nSPS) is 22.9. The van der Waals surface area contributed by atoms with Crippen LogP contribution < -0.4 is 15.0 Å². The number of amides is 1. The van der Waals surface area contributed by atoms with Crippen molar-refractivity contribution in [2.75, 3.05) is 38.3 Å². The summed E-state index contributed by atoms with van der Waals surface area (Å²) in [4.78, 5) is 13.2. The number of hydrogen-bond donors (Lipinski definition) is 1. The molecule has 1 amide bonds. The molecule has 1 aromatic carbocycles. The number of ether oxygens (including phenoxy) is 2. The highest BCUT2D eigenvalue weighted by Crippen LogP contribution is 2.32. The molecular weight excluding hydrogens is 244 g/mol. The number of morpholine rings is 1. The molecule has 2 heterocycles. The lowest BCUT2D eigenvalue weighted by Gasteiger charge is -2.27. The van der Waals surface area contributed by atoms with Crippen LogP contribution >= 0.6 is 0 Å². The van der Waals surface area contributed by atoms with Crippen molar-refractivity contribution in [3.63, 3.8) is 0 Å². The average Bonchev–Trinajstić information content (AvgIpc) is 2.44. The van der Waals surface area contributed by atoms with E-state index >= 15 is 0 Å². The van der Waals surface area contributed by atoms with Gasteiger partial charge in [-0.15, -0.1) is 0 Å². The van der Waals surface area contributed by atoms with Gasteiger partial charge in [0, 0.05) is 26.6 Å². The van der Waals surface area contributed by atoms with Crippen LogP contribution in [0.3, 0.4) is 0 Å². The predicted octanol–water partition coefficient (Wildman–Crippen LogP) is 0.573. The zero-order chi connectivity index (χ0) is 13.2. The van der Waals surface area contributed by atoms with E-state index in [4.69, 9.17) is 9.47 Å². The van der Waals surface area contributed by atoms with E-state index in [1.54, 1.807) is 11.9 Å².